The number of carbonyl (C=O) groups excluding carboxylic acids is 1. The van der Waals surface area contributed by atoms with Crippen LogP contribution in [0.3, 0.4) is 0 Å². The minimum atomic E-state index is 0.0482. The van der Waals surface area contributed by atoms with Crippen LogP contribution in [0.5, 0.6) is 23.0 Å². The van der Waals surface area contributed by atoms with Gasteiger partial charge in [-0.3, -0.25) is 9.69 Å². The molecule has 0 saturated carbocycles. The van der Waals surface area contributed by atoms with Crippen LogP contribution in [0.25, 0.3) is 6.08 Å². The molecule has 35 heavy (non-hydrogen) atoms. The monoisotopic (exact) mass is 480 g/mol. The van der Waals surface area contributed by atoms with Gasteiger partial charge in [-0.1, -0.05) is 18.2 Å². The van der Waals surface area contributed by atoms with E-state index in [-0.39, 0.29) is 5.91 Å². The number of benzene rings is 2. The lowest BCUT2D eigenvalue weighted by Crippen LogP contribution is -2.31. The number of rotatable bonds is 11. The van der Waals surface area contributed by atoms with E-state index in [1.807, 2.05) is 42.6 Å². The van der Waals surface area contributed by atoms with Crippen LogP contribution in [0.15, 0.2) is 48.7 Å². The van der Waals surface area contributed by atoms with Crippen molar-refractivity contribution in [3.63, 3.8) is 0 Å². The van der Waals surface area contributed by atoms with Crippen LogP contribution in [0.2, 0.25) is 0 Å². The van der Waals surface area contributed by atoms with Crippen LogP contribution < -0.4 is 18.9 Å². The number of amides is 1. The fourth-order valence-electron chi connectivity index (χ4n) is 4.04. The van der Waals surface area contributed by atoms with E-state index in [9.17, 15) is 4.79 Å². The van der Waals surface area contributed by atoms with E-state index in [1.165, 1.54) is 5.56 Å². The molecule has 7 nitrogen and oxygen atoms in total. The van der Waals surface area contributed by atoms with E-state index >= 15 is 0 Å². The van der Waals surface area contributed by atoms with Crippen LogP contribution in [-0.2, 0) is 17.6 Å². The molecule has 2 aromatic carbocycles. The molecule has 0 radical (unpaired) electrons. The van der Waals surface area contributed by atoms with Crippen molar-refractivity contribution in [1.29, 1.82) is 0 Å². The minimum absolute atomic E-state index is 0.0482. The molecule has 1 aliphatic rings. The Kier molecular flexibility index (Phi) is 9.20. The summed E-state index contributed by atoms with van der Waals surface area (Å²) in [5.74, 6) is 2.81. The van der Waals surface area contributed by atoms with Crippen LogP contribution in [0, 0.1) is 0 Å². The molecule has 0 aliphatic carbocycles. The third-order valence-corrected chi connectivity index (χ3v) is 6.34. The normalized spacial score (nSPS) is 14.1. The summed E-state index contributed by atoms with van der Waals surface area (Å²) in [4.78, 5) is 16.8. The second-order valence-corrected chi connectivity index (χ2v) is 8.60. The fourth-order valence-corrected chi connectivity index (χ4v) is 4.04. The van der Waals surface area contributed by atoms with Gasteiger partial charge in [0.2, 0.25) is 5.91 Å². The van der Waals surface area contributed by atoms with Gasteiger partial charge >= 0.3 is 0 Å². The number of carbonyl (C=O) groups is 1. The first-order valence-corrected chi connectivity index (χ1v) is 11.7. The van der Waals surface area contributed by atoms with Crippen LogP contribution in [0.4, 0.5) is 0 Å². The van der Waals surface area contributed by atoms with Crippen molar-refractivity contribution >= 4 is 12.0 Å². The summed E-state index contributed by atoms with van der Waals surface area (Å²) in [5.41, 5.74) is 3.09. The van der Waals surface area contributed by atoms with Crippen molar-refractivity contribution in [3.05, 3.63) is 65.4 Å². The highest BCUT2D eigenvalue weighted by Gasteiger charge is 2.19. The third-order valence-electron chi connectivity index (χ3n) is 6.34. The molecule has 2 aromatic rings. The Morgan fingerprint density at radius 3 is 2.29 bits per heavy atom. The molecule has 1 amide bonds. The molecule has 0 spiro atoms. The summed E-state index contributed by atoms with van der Waals surface area (Å²) in [6.07, 6.45) is 9.15. The van der Waals surface area contributed by atoms with Crippen molar-refractivity contribution in [2.75, 3.05) is 48.6 Å². The predicted molar refractivity (Wildman–Crippen MR) is 138 cm³/mol. The van der Waals surface area contributed by atoms with Gasteiger partial charge in [0.1, 0.15) is 0 Å². The Hall–Kier alpha value is -3.45. The Morgan fingerprint density at radius 2 is 1.60 bits per heavy atom. The van der Waals surface area contributed by atoms with Crippen molar-refractivity contribution in [1.82, 2.24) is 9.80 Å². The molecule has 1 heterocycles. The predicted octanol–water partition coefficient (Wildman–Crippen LogP) is 4.20. The molecule has 188 valence electrons. The molecule has 3 rings (SSSR count). The van der Waals surface area contributed by atoms with Gasteiger partial charge in [0.05, 0.1) is 34.9 Å². The number of methoxy groups -OCH3 is 4. The minimum Gasteiger partial charge on any atom is -0.493 e. The van der Waals surface area contributed by atoms with Crippen LogP contribution in [-0.4, -0.2) is 70.3 Å². The highest BCUT2D eigenvalue weighted by Crippen LogP contribution is 2.33. The van der Waals surface area contributed by atoms with Gasteiger partial charge in [-0.05, 0) is 67.4 Å². The molecular weight excluding hydrogens is 444 g/mol. The molecule has 1 aliphatic heterocycles. The number of ether oxygens (including phenoxy) is 4. The largest absolute Gasteiger partial charge is 0.493 e. The second kappa shape index (κ2) is 12.3. The van der Waals surface area contributed by atoms with E-state index in [0.29, 0.717) is 30.5 Å². The summed E-state index contributed by atoms with van der Waals surface area (Å²) in [5, 5.41) is 0. The first-order valence-electron chi connectivity index (χ1n) is 11.7. The highest BCUT2D eigenvalue weighted by molar-refractivity contribution is 5.84. The lowest BCUT2D eigenvalue weighted by atomic mass is 10.0. The summed E-state index contributed by atoms with van der Waals surface area (Å²) >= 11 is 0. The second-order valence-electron chi connectivity index (χ2n) is 8.60. The Morgan fingerprint density at radius 1 is 0.943 bits per heavy atom. The maximum absolute atomic E-state index is 12.8. The van der Waals surface area contributed by atoms with Gasteiger partial charge in [0.25, 0.3) is 0 Å². The van der Waals surface area contributed by atoms with Gasteiger partial charge < -0.3 is 23.8 Å². The Labute approximate surface area is 208 Å². The van der Waals surface area contributed by atoms with Crippen molar-refractivity contribution in [2.45, 2.75) is 25.8 Å². The highest BCUT2D eigenvalue weighted by atomic mass is 16.5. The Balaban J connectivity index is 1.55. The van der Waals surface area contributed by atoms with Crippen molar-refractivity contribution in [2.24, 2.45) is 0 Å². The molecular formula is C28H36N2O5. The number of likely N-dealkylation sites (N-methyl/N-ethyl adjacent to an activating group) is 1. The summed E-state index contributed by atoms with van der Waals surface area (Å²) in [6, 6.07) is 10.2. The summed E-state index contributed by atoms with van der Waals surface area (Å²) in [7, 11) is 8.60. The van der Waals surface area contributed by atoms with E-state index in [2.05, 4.69) is 31.0 Å². The first kappa shape index (κ1) is 26.2. The summed E-state index contributed by atoms with van der Waals surface area (Å²) < 4.78 is 21.5. The van der Waals surface area contributed by atoms with E-state index < -0.39 is 0 Å². The molecule has 0 fully saturated rings. The zero-order valence-electron chi connectivity index (χ0n) is 21.5. The molecule has 0 bridgehead atoms. The fraction of sp³-hybridized carbons (Fsp3) is 0.393. The molecule has 1 unspecified atom stereocenters. The number of hydrogen-bond donors (Lipinski definition) is 0. The topological polar surface area (TPSA) is 60.5 Å². The average Bonchev–Trinajstić information content (AvgIpc) is 3.02. The molecule has 7 heteroatoms. The first-order chi connectivity index (χ1) is 16.9. The van der Waals surface area contributed by atoms with Crippen LogP contribution in [0.1, 0.15) is 23.6 Å². The lowest BCUT2D eigenvalue weighted by molar-refractivity contribution is -0.127. The van der Waals surface area contributed by atoms with Crippen molar-refractivity contribution in [3.8, 4) is 23.0 Å². The SMILES string of the molecule is COc1ccc(CC(C)N(C)C/C=C/CN2C=Cc3cc(OC)c(OC)cc3CC2=O)cc1OC. The number of fused-ring (bicyclic) bond motifs is 1. The molecule has 1 atom stereocenters. The van der Waals surface area contributed by atoms with Gasteiger partial charge in [0.15, 0.2) is 23.0 Å². The molecule has 0 N–H and O–H groups in total. The van der Waals surface area contributed by atoms with Gasteiger partial charge in [-0.15, -0.1) is 0 Å². The third kappa shape index (κ3) is 6.57. The Bertz CT molecular complexity index is 1080. The smallest absolute Gasteiger partial charge is 0.231 e. The lowest BCUT2D eigenvalue weighted by Gasteiger charge is -2.24. The van der Waals surface area contributed by atoms with E-state index in [1.54, 1.807) is 33.3 Å². The van der Waals surface area contributed by atoms with Gasteiger partial charge in [0, 0.05) is 25.3 Å². The standard InChI is InChI=1S/C28H36N2O5/c1-20(15-21-9-10-24(32-3)25(16-21)33-4)29(2)12-7-8-13-30-14-11-22-17-26(34-5)27(35-6)18-23(22)19-28(30)31/h7-11,14,16-18,20H,12-13,15,19H2,1-6H3/b8-7+. The maximum atomic E-state index is 12.8. The quantitative estimate of drug-likeness (QED) is 0.450. The molecule has 0 saturated heterocycles. The van der Waals surface area contributed by atoms with E-state index in [4.69, 9.17) is 18.9 Å². The van der Waals surface area contributed by atoms with Gasteiger partial charge in [-0.2, -0.15) is 0 Å². The van der Waals surface area contributed by atoms with Crippen molar-refractivity contribution < 1.29 is 23.7 Å². The average molecular weight is 481 g/mol. The zero-order chi connectivity index (χ0) is 25.4. The number of nitrogens with zero attached hydrogens (tertiary/aromatic N) is 2. The zero-order valence-corrected chi connectivity index (χ0v) is 21.5. The van der Waals surface area contributed by atoms with Crippen LogP contribution >= 0.6 is 0 Å². The van der Waals surface area contributed by atoms with Gasteiger partial charge in [-0.25, -0.2) is 0 Å². The summed E-state index contributed by atoms with van der Waals surface area (Å²) in [6.45, 7) is 3.51. The van der Waals surface area contributed by atoms with E-state index in [0.717, 1.165) is 35.6 Å². The molecule has 0 aromatic heterocycles. The maximum Gasteiger partial charge on any atom is 0.231 e. The number of hydrogen-bond acceptors (Lipinski definition) is 6.